The van der Waals surface area contributed by atoms with Crippen molar-refractivity contribution in [2.24, 2.45) is 12.0 Å². The van der Waals surface area contributed by atoms with Crippen molar-refractivity contribution < 1.29 is 4.74 Å². The maximum atomic E-state index is 5.66. The van der Waals surface area contributed by atoms with E-state index in [9.17, 15) is 0 Å². The van der Waals surface area contributed by atoms with Gasteiger partial charge < -0.3 is 15.4 Å². The first-order valence-corrected chi connectivity index (χ1v) is 8.19. The summed E-state index contributed by atoms with van der Waals surface area (Å²) in [7, 11) is 3.70. The number of nitrogens with zero attached hydrogens (tertiary/aromatic N) is 3. The number of ether oxygens (including phenoxy) is 1. The molecule has 0 unspecified atom stereocenters. The van der Waals surface area contributed by atoms with Crippen LogP contribution in [0.1, 0.15) is 30.7 Å². The van der Waals surface area contributed by atoms with Crippen molar-refractivity contribution in [3.8, 4) is 0 Å². The van der Waals surface area contributed by atoms with Gasteiger partial charge in [0, 0.05) is 26.8 Å². The molecule has 2 aromatic rings. The number of aliphatic imine (C=N–C) groups is 1. The minimum absolute atomic E-state index is 0. The number of hydrogen-bond acceptors (Lipinski definition) is 3. The van der Waals surface area contributed by atoms with Gasteiger partial charge in [0.15, 0.2) is 5.96 Å². The number of guanidine groups is 1. The van der Waals surface area contributed by atoms with Crippen LogP contribution < -0.4 is 10.6 Å². The molecule has 0 fully saturated rings. The van der Waals surface area contributed by atoms with Gasteiger partial charge in [-0.15, -0.1) is 24.0 Å². The Morgan fingerprint density at radius 3 is 2.56 bits per heavy atom. The van der Waals surface area contributed by atoms with E-state index >= 15 is 0 Å². The first-order chi connectivity index (χ1) is 11.6. The Morgan fingerprint density at radius 2 is 1.92 bits per heavy atom. The fourth-order valence-corrected chi connectivity index (χ4v) is 2.25. The molecule has 1 heterocycles. The van der Waals surface area contributed by atoms with E-state index in [1.807, 2.05) is 31.6 Å². The van der Waals surface area contributed by atoms with Gasteiger partial charge in [-0.1, -0.05) is 24.3 Å². The lowest BCUT2D eigenvalue weighted by Crippen LogP contribution is -2.36. The van der Waals surface area contributed by atoms with E-state index in [2.05, 4.69) is 45.0 Å². The molecule has 0 amide bonds. The molecule has 25 heavy (non-hydrogen) atoms. The quantitative estimate of drug-likeness (QED) is 0.382. The predicted octanol–water partition coefficient (Wildman–Crippen LogP) is 2.83. The van der Waals surface area contributed by atoms with Crippen LogP contribution in [0.4, 0.5) is 0 Å². The molecular weight excluding hydrogens is 429 g/mol. The summed E-state index contributed by atoms with van der Waals surface area (Å²) in [5.41, 5.74) is 3.48. The molecule has 7 heteroatoms. The molecule has 6 nitrogen and oxygen atoms in total. The van der Waals surface area contributed by atoms with E-state index < -0.39 is 0 Å². The normalized spacial score (nSPS) is 11.3. The van der Waals surface area contributed by atoms with Crippen LogP contribution in [0, 0.1) is 0 Å². The Balaban J connectivity index is 0.00000312. The predicted molar refractivity (Wildman–Crippen MR) is 112 cm³/mol. The number of rotatable bonds is 7. The van der Waals surface area contributed by atoms with Gasteiger partial charge in [-0.05, 0) is 31.0 Å². The van der Waals surface area contributed by atoms with E-state index in [4.69, 9.17) is 4.74 Å². The molecule has 2 rings (SSSR count). The zero-order chi connectivity index (χ0) is 17.4. The van der Waals surface area contributed by atoms with Crippen LogP contribution in [0.3, 0.4) is 0 Å². The molecule has 0 saturated heterocycles. The first kappa shape index (κ1) is 21.4. The van der Waals surface area contributed by atoms with Gasteiger partial charge in [0.2, 0.25) is 0 Å². The van der Waals surface area contributed by atoms with Crippen molar-refractivity contribution in [2.75, 3.05) is 7.05 Å². The number of aryl methyl sites for hydroxylation is 1. The van der Waals surface area contributed by atoms with Crippen LogP contribution in [0.2, 0.25) is 0 Å². The maximum Gasteiger partial charge on any atom is 0.191 e. The first-order valence-electron chi connectivity index (χ1n) is 8.19. The highest BCUT2D eigenvalue weighted by molar-refractivity contribution is 14.0. The molecule has 138 valence electrons. The highest BCUT2D eigenvalue weighted by atomic mass is 127. The highest BCUT2D eigenvalue weighted by Gasteiger charge is 2.03. The number of nitrogens with one attached hydrogen (secondary N) is 2. The molecule has 1 aromatic heterocycles. The molecule has 0 aliphatic rings. The number of halogens is 1. The van der Waals surface area contributed by atoms with Crippen LogP contribution in [0.5, 0.6) is 0 Å². The fraction of sp³-hybridized carbons (Fsp3) is 0.444. The van der Waals surface area contributed by atoms with E-state index in [1.165, 1.54) is 11.1 Å². The van der Waals surface area contributed by atoms with Crippen LogP contribution in [0.25, 0.3) is 0 Å². The van der Waals surface area contributed by atoms with Crippen LogP contribution >= 0.6 is 24.0 Å². The van der Waals surface area contributed by atoms with Crippen molar-refractivity contribution in [3.63, 3.8) is 0 Å². The largest absolute Gasteiger partial charge is 0.374 e. The van der Waals surface area contributed by atoms with E-state index in [0.717, 1.165) is 11.7 Å². The van der Waals surface area contributed by atoms with Crippen molar-refractivity contribution >= 4 is 29.9 Å². The smallest absolute Gasteiger partial charge is 0.191 e. The zero-order valence-electron chi connectivity index (χ0n) is 15.3. The third-order valence-electron chi connectivity index (χ3n) is 3.62. The third-order valence-corrected chi connectivity index (χ3v) is 3.62. The van der Waals surface area contributed by atoms with Gasteiger partial charge in [0.05, 0.1) is 24.9 Å². The Labute approximate surface area is 167 Å². The lowest BCUT2D eigenvalue weighted by atomic mass is 10.1. The second kappa shape index (κ2) is 11.1. The van der Waals surface area contributed by atoms with E-state index in [-0.39, 0.29) is 30.1 Å². The lowest BCUT2D eigenvalue weighted by molar-refractivity contribution is 0.0657. The van der Waals surface area contributed by atoms with E-state index in [0.29, 0.717) is 19.7 Å². The average molecular weight is 457 g/mol. The van der Waals surface area contributed by atoms with Gasteiger partial charge in [-0.25, -0.2) is 0 Å². The minimum atomic E-state index is 0. The molecule has 0 atom stereocenters. The Kier molecular flexibility index (Phi) is 9.51. The molecule has 0 spiro atoms. The molecular formula is C18H28IN5O. The SMILES string of the molecule is CN=C(NCc1cccc(COC(C)C)c1)NCc1ccnn1C.I. The second-order valence-electron chi connectivity index (χ2n) is 5.91. The van der Waals surface area contributed by atoms with Gasteiger partial charge in [0.1, 0.15) is 0 Å². The number of hydrogen-bond donors (Lipinski definition) is 2. The zero-order valence-corrected chi connectivity index (χ0v) is 17.7. The molecule has 0 aliphatic heterocycles. The second-order valence-corrected chi connectivity index (χ2v) is 5.91. The molecule has 2 N–H and O–H groups in total. The van der Waals surface area contributed by atoms with Gasteiger partial charge in [-0.2, -0.15) is 5.10 Å². The summed E-state index contributed by atoms with van der Waals surface area (Å²) in [5, 5.41) is 10.8. The van der Waals surface area contributed by atoms with Crippen molar-refractivity contribution in [1.29, 1.82) is 0 Å². The van der Waals surface area contributed by atoms with Crippen LogP contribution in [-0.4, -0.2) is 28.9 Å². The Hall–Kier alpha value is -1.61. The lowest BCUT2D eigenvalue weighted by Gasteiger charge is -2.13. The molecule has 0 saturated carbocycles. The fourth-order valence-electron chi connectivity index (χ4n) is 2.25. The standard InChI is InChI=1S/C18H27N5O.HI/c1-14(2)24-13-16-7-5-6-15(10-16)11-20-18(19-3)21-12-17-8-9-22-23(17)4;/h5-10,14H,11-13H2,1-4H3,(H2,19,20,21);1H. The Bertz CT molecular complexity index is 669. The van der Waals surface area contributed by atoms with Crippen LogP contribution in [0.15, 0.2) is 41.5 Å². The van der Waals surface area contributed by atoms with Crippen molar-refractivity contribution in [2.45, 2.75) is 39.6 Å². The molecule has 0 radical (unpaired) electrons. The van der Waals surface area contributed by atoms with E-state index in [1.54, 1.807) is 13.2 Å². The summed E-state index contributed by atoms with van der Waals surface area (Å²) >= 11 is 0. The monoisotopic (exact) mass is 457 g/mol. The summed E-state index contributed by atoms with van der Waals surface area (Å²) in [6, 6.07) is 10.4. The highest BCUT2D eigenvalue weighted by Crippen LogP contribution is 2.08. The summed E-state index contributed by atoms with van der Waals surface area (Å²) in [5.74, 6) is 0.764. The Morgan fingerprint density at radius 1 is 1.20 bits per heavy atom. The molecule has 0 bridgehead atoms. The van der Waals surface area contributed by atoms with Crippen molar-refractivity contribution in [1.82, 2.24) is 20.4 Å². The van der Waals surface area contributed by atoms with Gasteiger partial charge >= 0.3 is 0 Å². The maximum absolute atomic E-state index is 5.66. The summed E-state index contributed by atoms with van der Waals surface area (Å²) < 4.78 is 7.50. The number of aromatic nitrogens is 2. The molecule has 1 aromatic carbocycles. The summed E-state index contributed by atoms with van der Waals surface area (Å²) in [6.07, 6.45) is 2.03. The molecule has 0 aliphatic carbocycles. The summed E-state index contributed by atoms with van der Waals surface area (Å²) in [6.45, 7) is 6.12. The van der Waals surface area contributed by atoms with Crippen molar-refractivity contribution in [3.05, 3.63) is 53.3 Å². The summed E-state index contributed by atoms with van der Waals surface area (Å²) in [4.78, 5) is 4.25. The van der Waals surface area contributed by atoms with Gasteiger partial charge in [0.25, 0.3) is 0 Å². The van der Waals surface area contributed by atoms with Crippen LogP contribution in [-0.2, 0) is 31.5 Å². The third kappa shape index (κ3) is 7.43. The minimum Gasteiger partial charge on any atom is -0.374 e. The average Bonchev–Trinajstić information content (AvgIpc) is 2.98. The van der Waals surface area contributed by atoms with Gasteiger partial charge in [-0.3, -0.25) is 9.67 Å². The number of benzene rings is 1. The topological polar surface area (TPSA) is 63.5 Å².